The number of aryl methyl sites for hydroxylation is 1. The summed E-state index contributed by atoms with van der Waals surface area (Å²) in [5, 5.41) is 14.5. The quantitative estimate of drug-likeness (QED) is 0.494. The van der Waals surface area contributed by atoms with Crippen LogP contribution in [0.3, 0.4) is 0 Å². The van der Waals surface area contributed by atoms with Crippen LogP contribution in [0.2, 0.25) is 0 Å². The van der Waals surface area contributed by atoms with Crippen molar-refractivity contribution in [2.24, 2.45) is 0 Å². The molecule has 0 radical (unpaired) electrons. The van der Waals surface area contributed by atoms with E-state index in [0.29, 0.717) is 5.56 Å². The molecule has 1 fully saturated rings. The van der Waals surface area contributed by atoms with Crippen molar-refractivity contribution in [1.29, 1.82) is 5.26 Å². The minimum Gasteiger partial charge on any atom is -0.379 e. The van der Waals surface area contributed by atoms with Crippen molar-refractivity contribution < 1.29 is 4.74 Å². The van der Waals surface area contributed by atoms with Gasteiger partial charge in [-0.05, 0) is 48.4 Å². The van der Waals surface area contributed by atoms with Crippen LogP contribution in [0.15, 0.2) is 55.1 Å². The molecule has 1 aliphatic rings. The summed E-state index contributed by atoms with van der Waals surface area (Å²) >= 11 is 0. The van der Waals surface area contributed by atoms with Gasteiger partial charge in [-0.3, -0.25) is 14.9 Å². The first kappa shape index (κ1) is 20.2. The van der Waals surface area contributed by atoms with Crippen molar-refractivity contribution in [2.45, 2.75) is 13.5 Å². The molecule has 5 rings (SSSR count). The Morgan fingerprint density at radius 3 is 2.91 bits per heavy atom. The number of rotatable bonds is 5. The second-order valence-corrected chi connectivity index (χ2v) is 7.95. The molecule has 0 bridgehead atoms. The molecule has 0 spiro atoms. The fourth-order valence-corrected chi connectivity index (χ4v) is 4.17. The third kappa shape index (κ3) is 3.94. The van der Waals surface area contributed by atoms with E-state index in [-0.39, 0.29) is 0 Å². The highest BCUT2D eigenvalue weighted by Gasteiger charge is 2.16. The first-order valence-electron chi connectivity index (χ1n) is 10.7. The molecule has 4 heterocycles. The molecular formula is C25H24N6O. The summed E-state index contributed by atoms with van der Waals surface area (Å²) in [6, 6.07) is 12.5. The maximum atomic E-state index is 9.78. The van der Waals surface area contributed by atoms with Crippen molar-refractivity contribution >= 4 is 22.3 Å². The number of benzene rings is 1. The number of hydrogen-bond acceptors (Lipinski definition) is 6. The Hall–Kier alpha value is -3.73. The molecule has 32 heavy (non-hydrogen) atoms. The molecule has 0 unspecified atom stereocenters. The lowest BCUT2D eigenvalue weighted by Gasteiger charge is -2.26. The largest absolute Gasteiger partial charge is 0.379 e. The second-order valence-electron chi connectivity index (χ2n) is 7.95. The van der Waals surface area contributed by atoms with E-state index in [4.69, 9.17) is 4.74 Å². The van der Waals surface area contributed by atoms with Crippen LogP contribution in [0.25, 0.3) is 22.0 Å². The van der Waals surface area contributed by atoms with E-state index in [2.05, 4.69) is 50.3 Å². The number of aromatic nitrogens is 3. The van der Waals surface area contributed by atoms with Gasteiger partial charge in [0, 0.05) is 66.6 Å². The molecule has 1 aromatic carbocycles. The SMILES string of the molecule is Cc1c(Nc2c(C#N)cncc2-c2ccnc(CN3CCOCC3)c2)ccc2[nH]ccc12. The molecule has 160 valence electrons. The maximum absolute atomic E-state index is 9.78. The number of morpholine rings is 1. The highest BCUT2D eigenvalue weighted by molar-refractivity contribution is 5.91. The van der Waals surface area contributed by atoms with E-state index in [1.165, 1.54) is 0 Å². The van der Waals surface area contributed by atoms with E-state index in [1.54, 1.807) is 12.4 Å². The van der Waals surface area contributed by atoms with Gasteiger partial charge in [-0.25, -0.2) is 0 Å². The third-order valence-corrected chi connectivity index (χ3v) is 5.95. The van der Waals surface area contributed by atoms with E-state index in [0.717, 1.165) is 77.5 Å². The standard InChI is InChI=1S/C25H24N6O/c1-17-21-5-7-29-24(21)3-2-23(17)30-25-19(13-26)14-27-15-22(25)18-4-6-28-20(12-18)16-31-8-10-32-11-9-31/h2-7,12,14-15,29H,8-11,16H2,1H3,(H,27,30). The maximum Gasteiger partial charge on any atom is 0.103 e. The lowest BCUT2D eigenvalue weighted by molar-refractivity contribution is 0.0336. The van der Waals surface area contributed by atoms with Crippen LogP contribution >= 0.6 is 0 Å². The summed E-state index contributed by atoms with van der Waals surface area (Å²) in [5.41, 5.74) is 7.28. The number of aromatic amines is 1. The number of H-pyrrole nitrogens is 1. The Morgan fingerprint density at radius 2 is 2.06 bits per heavy atom. The summed E-state index contributed by atoms with van der Waals surface area (Å²) in [5.74, 6) is 0. The Bertz CT molecular complexity index is 1300. The van der Waals surface area contributed by atoms with Gasteiger partial charge in [0.2, 0.25) is 0 Å². The number of anilines is 2. The predicted octanol–water partition coefficient (Wildman–Crippen LogP) is 4.38. The zero-order valence-corrected chi connectivity index (χ0v) is 17.9. The van der Waals surface area contributed by atoms with Crippen LogP contribution in [-0.2, 0) is 11.3 Å². The summed E-state index contributed by atoms with van der Waals surface area (Å²) in [6.07, 6.45) is 7.17. The van der Waals surface area contributed by atoms with Gasteiger partial charge >= 0.3 is 0 Å². The van der Waals surface area contributed by atoms with Crippen LogP contribution < -0.4 is 5.32 Å². The molecule has 4 aromatic rings. The van der Waals surface area contributed by atoms with E-state index < -0.39 is 0 Å². The number of nitrogens with zero attached hydrogens (tertiary/aromatic N) is 4. The van der Waals surface area contributed by atoms with Crippen molar-refractivity contribution in [3.05, 3.63) is 71.9 Å². The molecule has 0 atom stereocenters. The minimum absolute atomic E-state index is 0.502. The van der Waals surface area contributed by atoms with Gasteiger partial charge in [0.15, 0.2) is 0 Å². The van der Waals surface area contributed by atoms with Gasteiger partial charge in [-0.2, -0.15) is 5.26 Å². The van der Waals surface area contributed by atoms with Gasteiger partial charge in [-0.1, -0.05) is 0 Å². The number of fused-ring (bicyclic) bond motifs is 1. The smallest absolute Gasteiger partial charge is 0.103 e. The number of hydrogen-bond donors (Lipinski definition) is 2. The lowest BCUT2D eigenvalue weighted by Crippen LogP contribution is -2.35. The zero-order valence-electron chi connectivity index (χ0n) is 17.9. The Morgan fingerprint density at radius 1 is 1.19 bits per heavy atom. The molecule has 3 aromatic heterocycles. The first-order chi connectivity index (χ1) is 15.7. The van der Waals surface area contributed by atoms with E-state index in [1.807, 2.05) is 30.6 Å². The van der Waals surface area contributed by atoms with Crippen LogP contribution in [0.5, 0.6) is 0 Å². The first-order valence-corrected chi connectivity index (χ1v) is 10.7. The van der Waals surface area contributed by atoms with Crippen molar-refractivity contribution in [3.8, 4) is 17.2 Å². The molecule has 2 N–H and O–H groups in total. The molecule has 7 nitrogen and oxygen atoms in total. The molecule has 7 heteroatoms. The van der Waals surface area contributed by atoms with Crippen LogP contribution in [0.1, 0.15) is 16.8 Å². The van der Waals surface area contributed by atoms with Gasteiger partial charge in [0.1, 0.15) is 6.07 Å². The summed E-state index contributed by atoms with van der Waals surface area (Å²) in [7, 11) is 0. The predicted molar refractivity (Wildman–Crippen MR) is 125 cm³/mol. The molecule has 1 aliphatic heterocycles. The molecule has 0 saturated carbocycles. The van der Waals surface area contributed by atoms with Crippen molar-refractivity contribution in [2.75, 3.05) is 31.6 Å². The average molecular weight is 425 g/mol. The number of nitrogens with one attached hydrogen (secondary N) is 2. The van der Waals surface area contributed by atoms with Crippen LogP contribution in [0.4, 0.5) is 11.4 Å². The molecule has 0 aliphatic carbocycles. The lowest BCUT2D eigenvalue weighted by atomic mass is 10.0. The fraction of sp³-hybridized carbons (Fsp3) is 0.240. The van der Waals surface area contributed by atoms with Crippen molar-refractivity contribution in [3.63, 3.8) is 0 Å². The number of ether oxygens (including phenoxy) is 1. The Labute approximate surface area is 186 Å². The van der Waals surface area contributed by atoms with Gasteiger partial charge in [0.25, 0.3) is 0 Å². The highest BCUT2D eigenvalue weighted by Crippen LogP contribution is 2.35. The molecule has 0 amide bonds. The Kier molecular flexibility index (Phi) is 5.55. The Balaban J connectivity index is 1.52. The van der Waals surface area contributed by atoms with Crippen molar-refractivity contribution in [1.82, 2.24) is 19.9 Å². The van der Waals surface area contributed by atoms with Gasteiger partial charge in [-0.15, -0.1) is 0 Å². The monoisotopic (exact) mass is 424 g/mol. The van der Waals surface area contributed by atoms with E-state index >= 15 is 0 Å². The summed E-state index contributed by atoms with van der Waals surface area (Å²) in [4.78, 5) is 14.5. The van der Waals surface area contributed by atoms with Crippen LogP contribution in [0, 0.1) is 18.3 Å². The van der Waals surface area contributed by atoms with E-state index in [9.17, 15) is 5.26 Å². The average Bonchev–Trinajstić information content (AvgIpc) is 3.31. The highest BCUT2D eigenvalue weighted by atomic mass is 16.5. The normalized spacial score (nSPS) is 14.4. The second kappa shape index (κ2) is 8.79. The van der Waals surface area contributed by atoms with Gasteiger partial charge < -0.3 is 15.0 Å². The van der Waals surface area contributed by atoms with Gasteiger partial charge in [0.05, 0.1) is 30.2 Å². The fourth-order valence-electron chi connectivity index (χ4n) is 4.17. The molecular weight excluding hydrogens is 400 g/mol. The number of nitriles is 1. The number of pyridine rings is 2. The topological polar surface area (TPSA) is 89.9 Å². The minimum atomic E-state index is 0.502. The summed E-state index contributed by atoms with van der Waals surface area (Å²) in [6.45, 7) is 6.18. The summed E-state index contributed by atoms with van der Waals surface area (Å²) < 4.78 is 5.45. The molecule has 1 saturated heterocycles. The van der Waals surface area contributed by atoms with Crippen LogP contribution in [-0.4, -0.2) is 46.2 Å². The third-order valence-electron chi connectivity index (χ3n) is 5.95. The zero-order chi connectivity index (χ0) is 21.9.